The van der Waals surface area contributed by atoms with Crippen molar-refractivity contribution >= 4 is 29.0 Å². The second-order valence-corrected chi connectivity index (χ2v) is 7.29. The molecule has 1 aromatic rings. The van der Waals surface area contributed by atoms with Gasteiger partial charge in [-0.05, 0) is 43.5 Å². The predicted octanol–water partition coefficient (Wildman–Crippen LogP) is 3.51. The smallest absolute Gasteiger partial charge is 0.137 e. The molecule has 0 saturated carbocycles. The molecule has 0 spiro atoms. The van der Waals surface area contributed by atoms with Crippen LogP contribution in [0, 0.1) is 5.92 Å². The Morgan fingerprint density at radius 3 is 2.68 bits per heavy atom. The van der Waals surface area contributed by atoms with E-state index >= 15 is 0 Å². The van der Waals surface area contributed by atoms with E-state index in [9.17, 15) is 9.90 Å². The molecular weight excluding hydrogens is 321 g/mol. The van der Waals surface area contributed by atoms with E-state index in [1.54, 1.807) is 6.07 Å². The summed E-state index contributed by atoms with van der Waals surface area (Å²) in [6, 6.07) is 5.86. The SMILES string of the molecule is CCC(=O)[C@H]1[C@H](c2ccc(Cl)c(Cl)c2)CC2CC(O)[C@@H]1N2C. The van der Waals surface area contributed by atoms with Crippen LogP contribution in [0.1, 0.15) is 37.7 Å². The number of Topliss-reactive ketones (excluding diaryl/α,β-unsaturated/α-hetero) is 1. The number of likely N-dealkylation sites (N-methyl/N-ethyl adjacent to an activating group) is 1. The molecule has 120 valence electrons. The fraction of sp³-hybridized carbons (Fsp3) is 0.588. The van der Waals surface area contributed by atoms with Crippen molar-refractivity contribution in [1.82, 2.24) is 4.90 Å². The first-order valence-electron chi connectivity index (χ1n) is 7.81. The molecule has 2 saturated heterocycles. The number of benzene rings is 1. The number of fused-ring (bicyclic) bond motifs is 2. The first kappa shape index (κ1) is 16.3. The second-order valence-electron chi connectivity index (χ2n) is 6.47. The third-order valence-electron chi connectivity index (χ3n) is 5.37. The topological polar surface area (TPSA) is 40.5 Å². The fourth-order valence-electron chi connectivity index (χ4n) is 4.27. The molecule has 0 aromatic heterocycles. The van der Waals surface area contributed by atoms with Gasteiger partial charge in [0.05, 0.1) is 16.1 Å². The Hall–Kier alpha value is -0.610. The number of aliphatic hydroxyl groups excluding tert-OH is 1. The van der Waals surface area contributed by atoms with Crippen LogP contribution in [0.25, 0.3) is 0 Å². The van der Waals surface area contributed by atoms with Gasteiger partial charge in [0.2, 0.25) is 0 Å². The quantitative estimate of drug-likeness (QED) is 0.914. The Morgan fingerprint density at radius 1 is 1.32 bits per heavy atom. The van der Waals surface area contributed by atoms with Gasteiger partial charge in [-0.25, -0.2) is 0 Å². The van der Waals surface area contributed by atoms with Gasteiger partial charge in [-0.15, -0.1) is 0 Å². The summed E-state index contributed by atoms with van der Waals surface area (Å²) in [6.45, 7) is 1.89. The largest absolute Gasteiger partial charge is 0.391 e. The number of hydrogen-bond acceptors (Lipinski definition) is 3. The van der Waals surface area contributed by atoms with Crippen molar-refractivity contribution in [3.63, 3.8) is 0 Å². The zero-order valence-electron chi connectivity index (χ0n) is 12.8. The van der Waals surface area contributed by atoms with Gasteiger partial charge in [0.25, 0.3) is 0 Å². The van der Waals surface area contributed by atoms with Crippen molar-refractivity contribution in [2.45, 2.75) is 50.3 Å². The Kier molecular flexibility index (Phi) is 4.52. The van der Waals surface area contributed by atoms with E-state index < -0.39 is 6.10 Å². The van der Waals surface area contributed by atoms with Crippen LogP contribution in [0.4, 0.5) is 0 Å². The lowest BCUT2D eigenvalue weighted by Gasteiger charge is -2.43. The van der Waals surface area contributed by atoms with E-state index in [1.165, 1.54) is 0 Å². The van der Waals surface area contributed by atoms with Gasteiger partial charge in [-0.2, -0.15) is 0 Å². The van der Waals surface area contributed by atoms with Gasteiger partial charge in [0, 0.05) is 24.4 Å². The van der Waals surface area contributed by atoms with Crippen LogP contribution in [-0.4, -0.2) is 41.0 Å². The minimum atomic E-state index is -0.428. The molecule has 22 heavy (non-hydrogen) atoms. The highest BCUT2D eigenvalue weighted by Crippen LogP contribution is 2.47. The maximum absolute atomic E-state index is 12.6. The highest BCUT2D eigenvalue weighted by Gasteiger charge is 2.52. The van der Waals surface area contributed by atoms with Crippen molar-refractivity contribution < 1.29 is 9.90 Å². The van der Waals surface area contributed by atoms with Crippen molar-refractivity contribution in [1.29, 1.82) is 0 Å². The van der Waals surface area contributed by atoms with Crippen molar-refractivity contribution in [2.24, 2.45) is 5.92 Å². The Labute approximate surface area is 141 Å². The number of rotatable bonds is 3. The van der Waals surface area contributed by atoms with E-state index in [-0.39, 0.29) is 23.7 Å². The molecule has 2 aliphatic rings. The van der Waals surface area contributed by atoms with Gasteiger partial charge in [0.1, 0.15) is 5.78 Å². The summed E-state index contributed by atoms with van der Waals surface area (Å²) in [4.78, 5) is 14.8. The zero-order chi connectivity index (χ0) is 16.0. The van der Waals surface area contributed by atoms with Crippen LogP contribution in [0.3, 0.4) is 0 Å². The number of nitrogens with zero attached hydrogens (tertiary/aromatic N) is 1. The maximum atomic E-state index is 12.6. The average Bonchev–Trinajstić information content (AvgIpc) is 2.68. The molecule has 0 amide bonds. The van der Waals surface area contributed by atoms with Gasteiger partial charge >= 0.3 is 0 Å². The summed E-state index contributed by atoms with van der Waals surface area (Å²) >= 11 is 12.2. The first-order chi connectivity index (χ1) is 10.4. The Balaban J connectivity index is 2.01. The molecule has 3 nitrogen and oxygen atoms in total. The third kappa shape index (κ3) is 2.58. The molecule has 0 radical (unpaired) electrons. The van der Waals surface area contributed by atoms with Gasteiger partial charge in [-0.3, -0.25) is 9.69 Å². The molecule has 5 heteroatoms. The second kappa shape index (κ2) is 6.12. The summed E-state index contributed by atoms with van der Waals surface area (Å²) in [5.74, 6) is 0.138. The molecule has 0 aliphatic carbocycles. The van der Waals surface area contributed by atoms with Crippen LogP contribution in [0.15, 0.2) is 18.2 Å². The molecule has 2 heterocycles. The summed E-state index contributed by atoms with van der Waals surface area (Å²) in [6.07, 6.45) is 1.68. The standard InChI is InChI=1S/C17H21Cl2NO2/c1-3-14(21)16-11(9-4-5-12(18)13(19)6-9)7-10-8-15(22)17(16)20(10)2/h4-6,10-11,15-17,22H,3,7-8H2,1-2H3/t10?,11-,15?,16+,17-/m0/s1. The minimum Gasteiger partial charge on any atom is -0.391 e. The van der Waals surface area contributed by atoms with E-state index in [0.717, 1.165) is 18.4 Å². The highest BCUT2D eigenvalue weighted by atomic mass is 35.5. The van der Waals surface area contributed by atoms with E-state index in [0.29, 0.717) is 22.5 Å². The van der Waals surface area contributed by atoms with Crippen molar-refractivity contribution in [3.8, 4) is 0 Å². The van der Waals surface area contributed by atoms with Crippen LogP contribution in [-0.2, 0) is 4.79 Å². The van der Waals surface area contributed by atoms with Crippen LogP contribution in [0.5, 0.6) is 0 Å². The van der Waals surface area contributed by atoms with Crippen LogP contribution < -0.4 is 0 Å². The number of carbonyl (C=O) groups is 1. The van der Waals surface area contributed by atoms with Crippen molar-refractivity contribution in [3.05, 3.63) is 33.8 Å². The number of piperidine rings is 1. The monoisotopic (exact) mass is 341 g/mol. The van der Waals surface area contributed by atoms with E-state index in [4.69, 9.17) is 23.2 Å². The molecule has 3 rings (SSSR count). The molecule has 2 bridgehead atoms. The number of carbonyl (C=O) groups excluding carboxylic acids is 1. The molecule has 1 N–H and O–H groups in total. The average molecular weight is 342 g/mol. The van der Waals surface area contributed by atoms with E-state index in [2.05, 4.69) is 4.90 Å². The molecule has 5 atom stereocenters. The zero-order valence-corrected chi connectivity index (χ0v) is 14.3. The summed E-state index contributed by atoms with van der Waals surface area (Å²) < 4.78 is 0. The number of ketones is 1. The van der Waals surface area contributed by atoms with Gasteiger partial charge in [0.15, 0.2) is 0 Å². The normalized spacial score (nSPS) is 34.9. The highest BCUT2D eigenvalue weighted by molar-refractivity contribution is 6.42. The molecule has 1 aromatic carbocycles. The number of hydrogen-bond donors (Lipinski definition) is 1. The molecule has 2 fully saturated rings. The maximum Gasteiger partial charge on any atom is 0.137 e. The van der Waals surface area contributed by atoms with Crippen LogP contribution >= 0.6 is 23.2 Å². The molecule has 2 unspecified atom stereocenters. The lowest BCUT2D eigenvalue weighted by atomic mass is 9.73. The lowest BCUT2D eigenvalue weighted by molar-refractivity contribution is -0.128. The van der Waals surface area contributed by atoms with Gasteiger partial charge in [-0.1, -0.05) is 36.2 Å². The predicted molar refractivity (Wildman–Crippen MR) is 88.6 cm³/mol. The fourth-order valence-corrected chi connectivity index (χ4v) is 4.58. The van der Waals surface area contributed by atoms with E-state index in [1.807, 2.05) is 26.1 Å². The van der Waals surface area contributed by atoms with Gasteiger partial charge < -0.3 is 5.11 Å². The first-order valence-corrected chi connectivity index (χ1v) is 8.57. The number of halogens is 2. The Bertz CT molecular complexity index is 592. The number of aliphatic hydroxyl groups is 1. The third-order valence-corrected chi connectivity index (χ3v) is 6.11. The minimum absolute atomic E-state index is 0.0920. The van der Waals surface area contributed by atoms with Crippen LogP contribution in [0.2, 0.25) is 10.0 Å². The summed E-state index contributed by atoms with van der Waals surface area (Å²) in [5, 5.41) is 11.5. The summed E-state index contributed by atoms with van der Waals surface area (Å²) in [7, 11) is 2.02. The molecular formula is C17H21Cl2NO2. The summed E-state index contributed by atoms with van der Waals surface area (Å²) in [5.41, 5.74) is 1.05. The lowest BCUT2D eigenvalue weighted by Crippen LogP contribution is -2.51. The Morgan fingerprint density at radius 2 is 2.05 bits per heavy atom. The van der Waals surface area contributed by atoms with Crippen molar-refractivity contribution in [2.75, 3.05) is 7.05 Å². The molecule has 2 aliphatic heterocycles.